The molecule has 0 rings (SSSR count). The number of hydrogen-bond acceptors (Lipinski definition) is 4. The highest BCUT2D eigenvalue weighted by atomic mass is 16.5. The van der Waals surface area contributed by atoms with E-state index < -0.39 is 0 Å². The van der Waals surface area contributed by atoms with Crippen LogP contribution in [0, 0.1) is 17.8 Å². The molecule has 4 heteroatoms. The van der Waals surface area contributed by atoms with Gasteiger partial charge in [0.05, 0.1) is 13.2 Å². The van der Waals surface area contributed by atoms with E-state index in [0.29, 0.717) is 13.2 Å². The Morgan fingerprint density at radius 3 is 1.37 bits per heavy atom. The molecule has 0 aromatic heterocycles. The van der Waals surface area contributed by atoms with Crippen molar-refractivity contribution in [2.24, 2.45) is 17.8 Å². The molecule has 0 radical (unpaired) electrons. The number of rotatable bonds is 9. The van der Waals surface area contributed by atoms with Crippen LogP contribution in [0.5, 0.6) is 0 Å². The smallest absolute Gasteiger partial charge is 0.330 e. The van der Waals surface area contributed by atoms with E-state index in [1.54, 1.807) is 13.8 Å². The molecule has 27 heavy (non-hydrogen) atoms. The van der Waals surface area contributed by atoms with E-state index in [2.05, 4.69) is 57.3 Å². The van der Waals surface area contributed by atoms with Crippen LogP contribution in [0.3, 0.4) is 0 Å². The lowest BCUT2D eigenvalue weighted by Gasteiger charge is -2.26. The van der Waals surface area contributed by atoms with Gasteiger partial charge < -0.3 is 9.47 Å². The highest BCUT2D eigenvalue weighted by Crippen LogP contribution is 2.27. The SMILES string of the molecule is C=CC(=O)OCC.C=CC(=O)OCC.CC.CCCC(C(C)C)C(C)CC. The Kier molecular flexibility index (Phi) is 32.6. The van der Waals surface area contributed by atoms with Crippen LogP contribution in [0.1, 0.15) is 81.6 Å². The lowest BCUT2D eigenvalue weighted by atomic mass is 9.80. The summed E-state index contributed by atoms with van der Waals surface area (Å²) < 4.78 is 8.87. The van der Waals surface area contributed by atoms with E-state index >= 15 is 0 Å². The third-order valence-electron chi connectivity index (χ3n) is 3.76. The summed E-state index contributed by atoms with van der Waals surface area (Å²) in [5.74, 6) is 2.01. The molecule has 0 aliphatic rings. The fraction of sp³-hybridized carbons (Fsp3) is 0.739. The monoisotopic (exact) mass is 386 g/mol. The van der Waals surface area contributed by atoms with Crippen molar-refractivity contribution in [1.82, 2.24) is 0 Å². The van der Waals surface area contributed by atoms with Crippen molar-refractivity contribution in [1.29, 1.82) is 0 Å². The topological polar surface area (TPSA) is 52.6 Å². The Labute approximate surface area is 169 Å². The van der Waals surface area contributed by atoms with E-state index in [1.165, 1.54) is 19.3 Å². The normalized spacial score (nSPS) is 11.0. The van der Waals surface area contributed by atoms with Crippen LogP contribution in [-0.2, 0) is 19.1 Å². The Morgan fingerprint density at radius 2 is 1.22 bits per heavy atom. The molecule has 0 saturated carbocycles. The summed E-state index contributed by atoms with van der Waals surface area (Å²) in [7, 11) is 0. The Morgan fingerprint density at radius 1 is 0.852 bits per heavy atom. The molecule has 0 amide bonds. The van der Waals surface area contributed by atoms with Crippen LogP contribution in [0.4, 0.5) is 0 Å². The maximum absolute atomic E-state index is 10.1. The average molecular weight is 387 g/mol. The second-order valence-electron chi connectivity index (χ2n) is 5.99. The first-order valence-electron chi connectivity index (χ1n) is 10.3. The van der Waals surface area contributed by atoms with Gasteiger partial charge in [0.25, 0.3) is 0 Å². The van der Waals surface area contributed by atoms with Gasteiger partial charge in [0, 0.05) is 12.2 Å². The first-order chi connectivity index (χ1) is 12.7. The molecular formula is C23H46O4. The van der Waals surface area contributed by atoms with Gasteiger partial charge in [0.15, 0.2) is 0 Å². The third-order valence-corrected chi connectivity index (χ3v) is 3.76. The van der Waals surface area contributed by atoms with Gasteiger partial charge in [-0.25, -0.2) is 9.59 Å². The van der Waals surface area contributed by atoms with E-state index in [0.717, 1.165) is 29.9 Å². The minimum Gasteiger partial charge on any atom is -0.463 e. The van der Waals surface area contributed by atoms with Gasteiger partial charge in [0.1, 0.15) is 0 Å². The maximum Gasteiger partial charge on any atom is 0.330 e. The zero-order valence-corrected chi connectivity index (χ0v) is 19.5. The number of carbonyl (C=O) groups excluding carboxylic acids is 2. The van der Waals surface area contributed by atoms with Crippen molar-refractivity contribution >= 4 is 11.9 Å². The molecule has 0 bridgehead atoms. The summed E-state index contributed by atoms with van der Waals surface area (Å²) in [5.41, 5.74) is 0. The Balaban J connectivity index is -0.000000145. The second-order valence-corrected chi connectivity index (χ2v) is 5.99. The molecule has 0 aromatic rings. The fourth-order valence-electron chi connectivity index (χ4n) is 2.31. The van der Waals surface area contributed by atoms with E-state index in [1.807, 2.05) is 13.8 Å². The number of hydrogen-bond donors (Lipinski definition) is 0. The summed E-state index contributed by atoms with van der Waals surface area (Å²) >= 11 is 0. The summed E-state index contributed by atoms with van der Waals surface area (Å²) in [6.07, 6.45) is 6.37. The van der Waals surface area contributed by atoms with Gasteiger partial charge in [-0.2, -0.15) is 0 Å². The average Bonchev–Trinajstić information content (AvgIpc) is 2.68. The Bertz CT molecular complexity index is 326. The second kappa shape index (κ2) is 26.6. The Hall–Kier alpha value is -1.58. The van der Waals surface area contributed by atoms with Crippen LogP contribution in [0.25, 0.3) is 0 Å². The van der Waals surface area contributed by atoms with Crippen molar-refractivity contribution in [3.05, 3.63) is 25.3 Å². The van der Waals surface area contributed by atoms with Gasteiger partial charge >= 0.3 is 11.9 Å². The van der Waals surface area contributed by atoms with Crippen molar-refractivity contribution in [2.45, 2.75) is 81.6 Å². The molecule has 0 aliphatic carbocycles. The third kappa shape index (κ3) is 26.8. The lowest BCUT2D eigenvalue weighted by molar-refractivity contribution is -0.138. The number of carbonyl (C=O) groups is 2. The summed E-state index contributed by atoms with van der Waals surface area (Å²) in [5, 5.41) is 0. The van der Waals surface area contributed by atoms with E-state index in [-0.39, 0.29) is 11.9 Å². The fourth-order valence-corrected chi connectivity index (χ4v) is 2.31. The molecule has 4 nitrogen and oxygen atoms in total. The summed E-state index contributed by atoms with van der Waals surface area (Å²) in [6, 6.07) is 0. The molecule has 0 aliphatic heterocycles. The first-order valence-corrected chi connectivity index (χ1v) is 10.3. The standard InChI is InChI=1S/C11H24.2C5H8O2.C2H6/c1-6-8-11(9(3)4)10(5)7-2;2*1-3-5(6)7-4-2;1-2/h9-11H,6-8H2,1-5H3;2*3H,1,4H2,2H3;1-2H3. The van der Waals surface area contributed by atoms with Crippen molar-refractivity contribution < 1.29 is 19.1 Å². The van der Waals surface area contributed by atoms with Crippen LogP contribution >= 0.6 is 0 Å². The van der Waals surface area contributed by atoms with Crippen molar-refractivity contribution in [3.63, 3.8) is 0 Å². The van der Waals surface area contributed by atoms with Gasteiger partial charge in [0.2, 0.25) is 0 Å². The minimum atomic E-state index is -0.359. The molecule has 0 heterocycles. The molecule has 0 N–H and O–H groups in total. The predicted octanol–water partition coefficient (Wildman–Crippen LogP) is 6.60. The molecular weight excluding hydrogens is 340 g/mol. The molecule has 162 valence electrons. The van der Waals surface area contributed by atoms with Crippen LogP contribution in [0.15, 0.2) is 25.3 Å². The van der Waals surface area contributed by atoms with Crippen LogP contribution < -0.4 is 0 Å². The highest BCUT2D eigenvalue weighted by Gasteiger charge is 2.17. The molecule has 2 unspecified atom stereocenters. The molecule has 0 fully saturated rings. The maximum atomic E-state index is 10.1. The van der Waals surface area contributed by atoms with Crippen molar-refractivity contribution in [3.8, 4) is 0 Å². The molecule has 0 spiro atoms. The van der Waals surface area contributed by atoms with Gasteiger partial charge in [-0.3, -0.25) is 0 Å². The van der Waals surface area contributed by atoms with E-state index in [4.69, 9.17) is 0 Å². The van der Waals surface area contributed by atoms with E-state index in [9.17, 15) is 9.59 Å². The van der Waals surface area contributed by atoms with Gasteiger partial charge in [-0.15, -0.1) is 0 Å². The molecule has 0 aromatic carbocycles. The zero-order chi connectivity index (χ0) is 22.3. The van der Waals surface area contributed by atoms with Gasteiger partial charge in [-0.1, -0.05) is 80.9 Å². The first kappa shape index (κ1) is 33.0. The summed E-state index contributed by atoms with van der Waals surface area (Å²) in [4.78, 5) is 20.1. The van der Waals surface area contributed by atoms with Crippen molar-refractivity contribution in [2.75, 3.05) is 13.2 Å². The van der Waals surface area contributed by atoms with Crippen LogP contribution in [0.2, 0.25) is 0 Å². The molecule has 0 saturated heterocycles. The lowest BCUT2D eigenvalue weighted by Crippen LogP contribution is -2.16. The zero-order valence-electron chi connectivity index (χ0n) is 19.5. The van der Waals surface area contributed by atoms with Crippen LogP contribution in [-0.4, -0.2) is 25.2 Å². The number of esters is 2. The number of ether oxygens (including phenoxy) is 2. The molecule has 2 atom stereocenters. The highest BCUT2D eigenvalue weighted by molar-refractivity contribution is 5.81. The summed E-state index contributed by atoms with van der Waals surface area (Å²) in [6.45, 7) is 26.4. The quantitative estimate of drug-likeness (QED) is 0.331. The largest absolute Gasteiger partial charge is 0.463 e. The minimum absolute atomic E-state index is 0.359. The van der Waals surface area contributed by atoms with Gasteiger partial charge in [-0.05, 0) is 31.6 Å². The predicted molar refractivity (Wildman–Crippen MR) is 118 cm³/mol.